The molecule has 0 rings (SSSR count). The van der Waals surface area contributed by atoms with Crippen molar-refractivity contribution < 1.29 is 9.47 Å². The molecule has 0 aromatic carbocycles. The molecule has 0 aromatic heterocycles. The van der Waals surface area contributed by atoms with E-state index in [1.54, 1.807) is 7.11 Å². The van der Waals surface area contributed by atoms with Crippen molar-refractivity contribution in [2.45, 2.75) is 83.7 Å². The van der Waals surface area contributed by atoms with Crippen LogP contribution in [0.25, 0.3) is 0 Å². The van der Waals surface area contributed by atoms with Gasteiger partial charge in [0, 0.05) is 13.5 Å². The van der Waals surface area contributed by atoms with Crippen molar-refractivity contribution in [3.63, 3.8) is 0 Å². The van der Waals surface area contributed by atoms with Crippen LogP contribution in [0.2, 0.25) is 18.1 Å². The van der Waals surface area contributed by atoms with E-state index in [4.69, 9.17) is 9.47 Å². The normalized spacial score (nSPS) is 13.8. The van der Waals surface area contributed by atoms with Crippen molar-refractivity contribution in [2.75, 3.05) is 13.9 Å². The molecule has 0 aliphatic carbocycles. The maximum absolute atomic E-state index is 5.88. The highest BCUT2D eigenvalue weighted by atomic mass is 28.3. The third kappa shape index (κ3) is 6.92. The lowest BCUT2D eigenvalue weighted by molar-refractivity contribution is -0.0331. The van der Waals surface area contributed by atoms with Crippen LogP contribution in [0, 0.1) is 11.8 Å². The minimum atomic E-state index is -1.62. The Kier molecular flexibility index (Phi) is 9.45. The van der Waals surface area contributed by atoms with Gasteiger partial charge in [-0.25, -0.2) is 0 Å². The summed E-state index contributed by atoms with van der Waals surface area (Å²) in [5, 5.41) is 0.266. The second kappa shape index (κ2) is 9.60. The van der Waals surface area contributed by atoms with Crippen LogP contribution in [0.15, 0.2) is 0 Å². The van der Waals surface area contributed by atoms with Crippen molar-refractivity contribution in [2.24, 2.45) is 0 Å². The number of ether oxygens (including phenoxy) is 2. The van der Waals surface area contributed by atoms with Gasteiger partial charge in [0.15, 0.2) is 0 Å². The number of hydrogen-bond acceptors (Lipinski definition) is 2. The predicted octanol–water partition coefficient (Wildman–Crippen LogP) is 5.00. The van der Waals surface area contributed by atoms with E-state index in [0.29, 0.717) is 6.79 Å². The first kappa shape index (κ1) is 19.7. The summed E-state index contributed by atoms with van der Waals surface area (Å²) in [6.07, 6.45) is 6.07. The van der Waals surface area contributed by atoms with Gasteiger partial charge < -0.3 is 9.47 Å². The Morgan fingerprint density at radius 1 is 1.10 bits per heavy atom. The summed E-state index contributed by atoms with van der Waals surface area (Å²) < 4.78 is 10.9. The van der Waals surface area contributed by atoms with Gasteiger partial charge in [-0.3, -0.25) is 0 Å². The van der Waals surface area contributed by atoms with Crippen LogP contribution >= 0.6 is 0 Å². The lowest BCUT2D eigenvalue weighted by Gasteiger charge is -2.40. The Morgan fingerprint density at radius 2 is 1.75 bits per heavy atom. The number of rotatable bonds is 8. The van der Waals surface area contributed by atoms with Crippen molar-refractivity contribution in [1.29, 1.82) is 0 Å². The number of methoxy groups -OCH3 is 1. The second-order valence-electron chi connectivity index (χ2n) is 7.06. The van der Waals surface area contributed by atoms with Gasteiger partial charge in [0.1, 0.15) is 20.6 Å². The maximum Gasteiger partial charge on any atom is 0.147 e. The molecule has 0 saturated heterocycles. The largest absolute Gasteiger partial charge is 0.359 e. The van der Waals surface area contributed by atoms with E-state index >= 15 is 0 Å². The summed E-state index contributed by atoms with van der Waals surface area (Å²) in [6, 6.07) is 0. The Balaban J connectivity index is 4.61. The summed E-state index contributed by atoms with van der Waals surface area (Å²) in [7, 11) is 0.0448. The third-order valence-electron chi connectivity index (χ3n) is 4.33. The molecule has 0 bridgehead atoms. The van der Waals surface area contributed by atoms with Crippen LogP contribution in [0.5, 0.6) is 0 Å². The van der Waals surface area contributed by atoms with Crippen molar-refractivity contribution in [3.8, 4) is 11.8 Å². The molecule has 1 unspecified atom stereocenters. The third-order valence-corrected chi connectivity index (χ3v) is 9.82. The Hall–Kier alpha value is -0.303. The van der Waals surface area contributed by atoms with Gasteiger partial charge in [0.05, 0.1) is 0 Å². The summed E-state index contributed by atoms with van der Waals surface area (Å²) in [6.45, 7) is 14.2. The Labute approximate surface area is 127 Å². The number of hydrogen-bond donors (Lipinski definition) is 0. The lowest BCUT2D eigenvalue weighted by atomic mass is 10.2. The fourth-order valence-corrected chi connectivity index (χ4v) is 3.50. The molecule has 0 heterocycles. The Bertz CT molecular complexity index is 307. The predicted molar refractivity (Wildman–Crippen MR) is 90.5 cm³/mol. The summed E-state index contributed by atoms with van der Waals surface area (Å²) >= 11 is 0. The van der Waals surface area contributed by atoms with Crippen molar-refractivity contribution >= 4 is 8.07 Å². The van der Waals surface area contributed by atoms with Crippen LogP contribution < -0.4 is 0 Å². The van der Waals surface area contributed by atoms with Crippen LogP contribution in [-0.4, -0.2) is 27.7 Å². The average Bonchev–Trinajstić information content (AvgIpc) is 2.35. The molecular formula is C17H34O2Si. The minimum absolute atomic E-state index is 0.0497. The summed E-state index contributed by atoms with van der Waals surface area (Å²) in [5.74, 6) is 6.72. The second-order valence-corrected chi connectivity index (χ2v) is 12.5. The molecule has 0 aromatic rings. The molecule has 0 radical (unpaired) electrons. The molecule has 1 atom stereocenters. The first-order chi connectivity index (χ1) is 9.27. The van der Waals surface area contributed by atoms with E-state index in [-0.39, 0.29) is 10.8 Å². The van der Waals surface area contributed by atoms with Gasteiger partial charge in [-0.2, -0.15) is 0 Å². The van der Waals surface area contributed by atoms with E-state index in [0.717, 1.165) is 6.42 Å². The number of unbranched alkanes of at least 4 members (excludes halogenated alkanes) is 4. The molecule has 0 spiro atoms. The summed E-state index contributed by atoms with van der Waals surface area (Å²) in [5.41, 5.74) is 0.0497. The minimum Gasteiger partial charge on any atom is -0.359 e. The van der Waals surface area contributed by atoms with Crippen LogP contribution in [0.4, 0.5) is 0 Å². The van der Waals surface area contributed by atoms with Crippen molar-refractivity contribution in [1.82, 2.24) is 0 Å². The molecule has 20 heavy (non-hydrogen) atoms. The molecule has 2 nitrogen and oxygen atoms in total. The molecule has 0 fully saturated rings. The fraction of sp³-hybridized carbons (Fsp3) is 0.882. The quantitative estimate of drug-likeness (QED) is 0.272. The van der Waals surface area contributed by atoms with E-state index in [9.17, 15) is 0 Å². The smallest absolute Gasteiger partial charge is 0.147 e. The molecule has 0 N–H and O–H groups in total. The highest BCUT2D eigenvalue weighted by Crippen LogP contribution is 2.38. The first-order valence-electron chi connectivity index (χ1n) is 7.86. The zero-order valence-corrected chi connectivity index (χ0v) is 15.6. The average molecular weight is 299 g/mol. The molecule has 118 valence electrons. The fourth-order valence-electron chi connectivity index (χ4n) is 1.76. The first-order valence-corrected chi connectivity index (χ1v) is 10.9. The molecule has 0 aliphatic heterocycles. The molecule has 0 aliphatic rings. The monoisotopic (exact) mass is 298 g/mol. The summed E-state index contributed by atoms with van der Waals surface area (Å²) in [4.78, 5) is 0. The lowest BCUT2D eigenvalue weighted by Crippen LogP contribution is -2.50. The van der Waals surface area contributed by atoms with E-state index in [1.165, 1.54) is 25.7 Å². The standard InChI is InChI=1S/C17H34O2Si/c1-8-9-10-11-12-13-14-16(19-15-18-5)20(6,7)17(2,3)4/h16H,8-12,15H2,1-7H3. The van der Waals surface area contributed by atoms with Gasteiger partial charge in [-0.1, -0.05) is 66.0 Å². The van der Waals surface area contributed by atoms with Gasteiger partial charge in [-0.15, -0.1) is 5.92 Å². The van der Waals surface area contributed by atoms with E-state index in [1.807, 2.05) is 0 Å². The zero-order valence-electron chi connectivity index (χ0n) is 14.6. The molecule has 3 heteroatoms. The van der Waals surface area contributed by atoms with E-state index in [2.05, 4.69) is 52.6 Å². The van der Waals surface area contributed by atoms with Crippen LogP contribution in [0.3, 0.4) is 0 Å². The Morgan fingerprint density at radius 3 is 2.25 bits per heavy atom. The van der Waals surface area contributed by atoms with Crippen molar-refractivity contribution in [3.05, 3.63) is 0 Å². The molecule has 0 amide bonds. The van der Waals surface area contributed by atoms with Gasteiger partial charge in [0.2, 0.25) is 0 Å². The SMILES string of the molecule is CCCCCCC#CC(OCOC)[Si](C)(C)C(C)(C)C. The topological polar surface area (TPSA) is 18.5 Å². The van der Waals surface area contributed by atoms with Gasteiger partial charge >= 0.3 is 0 Å². The van der Waals surface area contributed by atoms with Crippen LogP contribution in [-0.2, 0) is 9.47 Å². The molecule has 0 saturated carbocycles. The maximum atomic E-state index is 5.88. The van der Waals surface area contributed by atoms with Gasteiger partial charge in [0.25, 0.3) is 0 Å². The molecular weight excluding hydrogens is 264 g/mol. The zero-order chi connectivity index (χ0) is 15.6. The highest BCUT2D eigenvalue weighted by molar-refractivity contribution is 6.82. The van der Waals surface area contributed by atoms with Crippen LogP contribution in [0.1, 0.15) is 59.8 Å². The van der Waals surface area contributed by atoms with E-state index < -0.39 is 8.07 Å². The van der Waals surface area contributed by atoms with Gasteiger partial charge in [-0.05, 0) is 11.5 Å². The highest BCUT2D eigenvalue weighted by Gasteiger charge is 2.42.